The summed E-state index contributed by atoms with van der Waals surface area (Å²) in [7, 11) is -0.398. The number of aryl methyl sites for hydroxylation is 1. The number of hydrogen-bond donors (Lipinski definition) is 1. The molecular formula is C10H18Cl2N4O2S. The maximum Gasteiger partial charge on any atom is 0.261 e. The van der Waals surface area contributed by atoms with Gasteiger partial charge in [-0.05, 0) is 25.9 Å². The molecule has 0 bridgehead atoms. The molecule has 110 valence electrons. The van der Waals surface area contributed by atoms with Crippen molar-refractivity contribution in [2.75, 3.05) is 20.1 Å². The summed E-state index contributed by atoms with van der Waals surface area (Å²) in [6.45, 7) is 1.67. The molecule has 6 nitrogen and oxygen atoms in total. The van der Waals surface area contributed by atoms with Gasteiger partial charge < -0.3 is 5.32 Å². The first-order valence-corrected chi connectivity index (χ1v) is 7.62. The Morgan fingerprint density at radius 3 is 2.53 bits per heavy atom. The minimum Gasteiger partial charge on any atom is -0.317 e. The molecule has 19 heavy (non-hydrogen) atoms. The van der Waals surface area contributed by atoms with Crippen molar-refractivity contribution >= 4 is 34.0 Å². The molecule has 2 heterocycles. The summed E-state index contributed by atoms with van der Waals surface area (Å²) in [4.78, 5) is 0. The number of halogens is 2. The molecule has 0 unspecified atom stereocenters. The Kier molecular flexibility index (Phi) is 5.64. The van der Waals surface area contributed by atoms with E-state index in [2.05, 4.69) is 10.4 Å². The van der Waals surface area contributed by atoms with Gasteiger partial charge in [0, 0.05) is 20.1 Å². The second-order valence-corrected chi connectivity index (χ2v) is 6.74. The molecule has 1 aliphatic rings. The number of piperidine rings is 1. The maximum absolute atomic E-state index is 12.5. The number of hydrogen-bond acceptors (Lipinski definition) is 4. The lowest BCUT2D eigenvalue weighted by Crippen LogP contribution is -2.44. The monoisotopic (exact) mass is 328 g/mol. The predicted molar refractivity (Wildman–Crippen MR) is 76.3 cm³/mol. The van der Waals surface area contributed by atoms with Crippen LogP contribution in [-0.4, -0.2) is 48.7 Å². The van der Waals surface area contributed by atoms with Gasteiger partial charge in [0.15, 0.2) is 5.03 Å². The van der Waals surface area contributed by atoms with E-state index in [-0.39, 0.29) is 28.5 Å². The number of aromatic nitrogens is 2. The van der Waals surface area contributed by atoms with Gasteiger partial charge in [0.05, 0.1) is 11.2 Å². The molecule has 1 N–H and O–H groups in total. The number of nitrogens with one attached hydrogen (secondary N) is 1. The van der Waals surface area contributed by atoms with E-state index in [4.69, 9.17) is 11.6 Å². The quantitative estimate of drug-likeness (QED) is 0.893. The first kappa shape index (κ1) is 16.7. The van der Waals surface area contributed by atoms with Crippen molar-refractivity contribution in [2.45, 2.75) is 23.9 Å². The summed E-state index contributed by atoms with van der Waals surface area (Å²) in [6, 6.07) is 0.0159. The fourth-order valence-corrected chi connectivity index (χ4v) is 4.21. The molecule has 1 aliphatic heterocycles. The van der Waals surface area contributed by atoms with E-state index in [1.165, 1.54) is 15.2 Å². The summed E-state index contributed by atoms with van der Waals surface area (Å²) in [6.07, 6.45) is 2.97. The lowest BCUT2D eigenvalue weighted by molar-refractivity contribution is 0.295. The summed E-state index contributed by atoms with van der Waals surface area (Å²) in [5, 5.41) is 7.32. The highest BCUT2D eigenvalue weighted by molar-refractivity contribution is 7.89. The SMILES string of the molecule is CN(C1CCNCC1)S(=O)(=O)c1c(Cl)cnn1C.Cl. The van der Waals surface area contributed by atoms with Crippen molar-refractivity contribution in [3.63, 3.8) is 0 Å². The van der Waals surface area contributed by atoms with Crippen LogP contribution < -0.4 is 5.32 Å². The molecule has 1 fully saturated rings. The molecule has 1 saturated heterocycles. The Balaban J connectivity index is 0.00000180. The van der Waals surface area contributed by atoms with Crippen LogP contribution in [0.2, 0.25) is 5.02 Å². The minimum absolute atomic E-state index is 0. The molecule has 1 aromatic rings. The van der Waals surface area contributed by atoms with Crippen molar-refractivity contribution in [3.8, 4) is 0 Å². The van der Waals surface area contributed by atoms with Crippen LogP contribution in [-0.2, 0) is 17.1 Å². The van der Waals surface area contributed by atoms with Crippen molar-refractivity contribution in [1.82, 2.24) is 19.4 Å². The molecular weight excluding hydrogens is 311 g/mol. The molecule has 0 radical (unpaired) electrons. The Morgan fingerprint density at radius 2 is 2.05 bits per heavy atom. The zero-order valence-corrected chi connectivity index (χ0v) is 13.2. The van der Waals surface area contributed by atoms with Gasteiger partial charge >= 0.3 is 0 Å². The normalized spacial score (nSPS) is 17.5. The van der Waals surface area contributed by atoms with E-state index in [0.717, 1.165) is 25.9 Å². The van der Waals surface area contributed by atoms with Gasteiger partial charge in [-0.25, -0.2) is 8.42 Å². The third kappa shape index (κ3) is 3.22. The standard InChI is InChI=1S/C10H17ClN4O2S.ClH/c1-14-10(9(11)7-13-14)18(16,17)15(2)8-3-5-12-6-4-8;/h7-8,12H,3-6H2,1-2H3;1H. The van der Waals surface area contributed by atoms with Crippen molar-refractivity contribution in [2.24, 2.45) is 7.05 Å². The Morgan fingerprint density at radius 1 is 1.47 bits per heavy atom. The predicted octanol–water partition coefficient (Wildman–Crippen LogP) is 0.868. The van der Waals surface area contributed by atoms with Crippen LogP contribution in [0.1, 0.15) is 12.8 Å². The third-order valence-corrected chi connectivity index (χ3v) is 5.71. The second kappa shape index (κ2) is 6.41. The molecule has 0 spiro atoms. The minimum atomic E-state index is -3.58. The summed E-state index contributed by atoms with van der Waals surface area (Å²) in [5.41, 5.74) is 0. The van der Waals surface area contributed by atoms with Crippen LogP contribution in [0, 0.1) is 0 Å². The van der Waals surface area contributed by atoms with E-state index in [1.807, 2.05) is 0 Å². The molecule has 0 aromatic carbocycles. The Hall–Kier alpha value is -0.340. The van der Waals surface area contributed by atoms with E-state index in [0.29, 0.717) is 0 Å². The zero-order chi connectivity index (χ0) is 13.3. The maximum atomic E-state index is 12.5. The van der Waals surface area contributed by atoms with Gasteiger partial charge in [-0.2, -0.15) is 9.40 Å². The lowest BCUT2D eigenvalue weighted by atomic mass is 10.1. The Bertz CT molecular complexity index is 506. The topological polar surface area (TPSA) is 67.2 Å². The van der Waals surface area contributed by atoms with Crippen LogP contribution in [0.25, 0.3) is 0 Å². The molecule has 0 saturated carbocycles. The van der Waals surface area contributed by atoms with E-state index in [1.54, 1.807) is 14.1 Å². The van der Waals surface area contributed by atoms with E-state index in [9.17, 15) is 8.42 Å². The number of rotatable bonds is 3. The van der Waals surface area contributed by atoms with Crippen LogP contribution in [0.3, 0.4) is 0 Å². The van der Waals surface area contributed by atoms with Gasteiger partial charge in [-0.1, -0.05) is 11.6 Å². The van der Waals surface area contributed by atoms with E-state index < -0.39 is 10.0 Å². The summed E-state index contributed by atoms with van der Waals surface area (Å²) < 4.78 is 27.7. The van der Waals surface area contributed by atoms with Crippen molar-refractivity contribution in [1.29, 1.82) is 0 Å². The number of sulfonamides is 1. The van der Waals surface area contributed by atoms with Crippen molar-refractivity contribution in [3.05, 3.63) is 11.2 Å². The van der Waals surface area contributed by atoms with Gasteiger partial charge in [-0.15, -0.1) is 12.4 Å². The highest BCUT2D eigenvalue weighted by Gasteiger charge is 2.32. The smallest absolute Gasteiger partial charge is 0.261 e. The van der Waals surface area contributed by atoms with Crippen LogP contribution in [0.15, 0.2) is 11.2 Å². The molecule has 0 atom stereocenters. The molecule has 9 heteroatoms. The van der Waals surface area contributed by atoms with E-state index >= 15 is 0 Å². The zero-order valence-electron chi connectivity index (χ0n) is 10.8. The lowest BCUT2D eigenvalue weighted by Gasteiger charge is -2.30. The average molecular weight is 329 g/mol. The fourth-order valence-electron chi connectivity index (χ4n) is 2.19. The second-order valence-electron chi connectivity index (χ2n) is 4.42. The van der Waals surface area contributed by atoms with Gasteiger partial charge in [0.1, 0.15) is 0 Å². The Labute approximate surface area is 124 Å². The first-order valence-electron chi connectivity index (χ1n) is 5.81. The highest BCUT2D eigenvalue weighted by atomic mass is 35.5. The fraction of sp³-hybridized carbons (Fsp3) is 0.700. The summed E-state index contributed by atoms with van der Waals surface area (Å²) >= 11 is 5.91. The van der Waals surface area contributed by atoms with Gasteiger partial charge in [0.2, 0.25) is 0 Å². The molecule has 2 rings (SSSR count). The third-order valence-electron chi connectivity index (χ3n) is 3.29. The largest absolute Gasteiger partial charge is 0.317 e. The highest BCUT2D eigenvalue weighted by Crippen LogP contribution is 2.25. The van der Waals surface area contributed by atoms with Crippen molar-refractivity contribution < 1.29 is 8.42 Å². The molecule has 0 amide bonds. The van der Waals surface area contributed by atoms with Crippen LogP contribution >= 0.6 is 24.0 Å². The molecule has 0 aliphatic carbocycles. The van der Waals surface area contributed by atoms with Crippen LogP contribution in [0.4, 0.5) is 0 Å². The summed E-state index contributed by atoms with van der Waals surface area (Å²) in [5.74, 6) is 0. The average Bonchev–Trinajstić information content (AvgIpc) is 2.69. The first-order chi connectivity index (χ1) is 8.44. The molecule has 1 aromatic heterocycles. The number of nitrogens with zero attached hydrogens (tertiary/aromatic N) is 3. The van der Waals surface area contributed by atoms with Gasteiger partial charge in [-0.3, -0.25) is 4.68 Å². The van der Waals surface area contributed by atoms with Crippen LogP contribution in [0.5, 0.6) is 0 Å². The van der Waals surface area contributed by atoms with Gasteiger partial charge in [0.25, 0.3) is 10.0 Å².